The van der Waals surface area contributed by atoms with Gasteiger partial charge >= 0.3 is 0 Å². The second-order valence-electron chi connectivity index (χ2n) is 4.92. The molecule has 0 saturated heterocycles. The molecule has 0 aliphatic heterocycles. The third kappa shape index (κ3) is 3.36. The molecule has 20 heavy (non-hydrogen) atoms. The van der Waals surface area contributed by atoms with Crippen molar-refractivity contribution in [3.8, 4) is 0 Å². The minimum Gasteiger partial charge on any atom is -0.382 e. The highest BCUT2D eigenvalue weighted by molar-refractivity contribution is 7.20. The van der Waals surface area contributed by atoms with Gasteiger partial charge in [0.1, 0.15) is 5.60 Å². The average Bonchev–Trinajstić information content (AvgIpc) is 2.89. The topological polar surface area (TPSA) is 47.6 Å². The zero-order valence-electron chi connectivity index (χ0n) is 11.9. The fourth-order valence-corrected chi connectivity index (χ4v) is 2.91. The number of nitrogens with one attached hydrogen (secondary N) is 1. The number of methoxy groups -OCH3 is 2. The van der Waals surface area contributed by atoms with Crippen LogP contribution in [-0.2, 0) is 9.47 Å². The minimum absolute atomic E-state index is 0.0782. The van der Waals surface area contributed by atoms with Crippen molar-refractivity contribution in [1.82, 2.24) is 5.32 Å². The number of amides is 1. The molecule has 1 atom stereocenters. The monoisotopic (exact) mass is 293 g/mol. The van der Waals surface area contributed by atoms with Crippen LogP contribution in [0.5, 0.6) is 0 Å². The molecule has 4 nitrogen and oxygen atoms in total. The van der Waals surface area contributed by atoms with E-state index in [1.807, 2.05) is 37.3 Å². The molecule has 1 unspecified atom stereocenters. The van der Waals surface area contributed by atoms with Crippen LogP contribution < -0.4 is 5.32 Å². The second kappa shape index (κ2) is 6.35. The molecule has 1 N–H and O–H groups in total. The van der Waals surface area contributed by atoms with Crippen LogP contribution in [0.2, 0.25) is 0 Å². The predicted octanol–water partition coefficient (Wildman–Crippen LogP) is 2.68. The number of thiophene rings is 1. The van der Waals surface area contributed by atoms with Crippen LogP contribution in [0.4, 0.5) is 0 Å². The van der Waals surface area contributed by atoms with Gasteiger partial charge in [-0.05, 0) is 24.4 Å². The lowest BCUT2D eigenvalue weighted by Crippen LogP contribution is -2.45. The van der Waals surface area contributed by atoms with Crippen molar-refractivity contribution in [2.45, 2.75) is 12.5 Å². The number of hydrogen-bond acceptors (Lipinski definition) is 4. The number of hydrogen-bond donors (Lipinski definition) is 1. The largest absolute Gasteiger partial charge is 0.382 e. The summed E-state index contributed by atoms with van der Waals surface area (Å²) in [5, 5.41) is 3.99. The molecular formula is C15H19NO3S. The van der Waals surface area contributed by atoms with E-state index in [1.165, 1.54) is 11.3 Å². The molecule has 0 bridgehead atoms. The standard InChI is InChI=1S/C15H19NO3S/c1-15(19-3,10-18-2)9-16-14(17)13-8-11-6-4-5-7-12(11)20-13/h4-8H,9-10H2,1-3H3,(H,16,17). The van der Waals surface area contributed by atoms with Crippen LogP contribution in [0.25, 0.3) is 10.1 Å². The molecule has 0 saturated carbocycles. The van der Waals surface area contributed by atoms with E-state index < -0.39 is 5.60 Å². The SMILES string of the molecule is COCC(C)(CNC(=O)c1cc2ccccc2s1)OC. The van der Waals surface area contributed by atoms with E-state index in [2.05, 4.69) is 5.32 Å². The molecule has 0 radical (unpaired) electrons. The molecule has 0 fully saturated rings. The van der Waals surface area contributed by atoms with Crippen molar-refractivity contribution < 1.29 is 14.3 Å². The number of carbonyl (C=O) groups excluding carboxylic acids is 1. The average molecular weight is 293 g/mol. The van der Waals surface area contributed by atoms with Gasteiger partial charge in [-0.2, -0.15) is 0 Å². The number of fused-ring (bicyclic) bond motifs is 1. The Morgan fingerprint density at radius 3 is 2.75 bits per heavy atom. The molecule has 2 aromatic rings. The molecule has 108 valence electrons. The van der Waals surface area contributed by atoms with Crippen LogP contribution in [0.1, 0.15) is 16.6 Å². The highest BCUT2D eigenvalue weighted by atomic mass is 32.1. The number of ether oxygens (including phenoxy) is 2. The molecule has 2 rings (SSSR count). The van der Waals surface area contributed by atoms with Gasteiger partial charge in [0, 0.05) is 25.5 Å². The summed E-state index contributed by atoms with van der Waals surface area (Å²) in [4.78, 5) is 12.9. The van der Waals surface area contributed by atoms with Gasteiger partial charge in [-0.15, -0.1) is 11.3 Å². The summed E-state index contributed by atoms with van der Waals surface area (Å²) in [6.07, 6.45) is 0. The van der Waals surface area contributed by atoms with Crippen LogP contribution in [0, 0.1) is 0 Å². The van der Waals surface area contributed by atoms with Gasteiger partial charge in [-0.3, -0.25) is 4.79 Å². The van der Waals surface area contributed by atoms with E-state index in [9.17, 15) is 4.79 Å². The maximum atomic E-state index is 12.2. The molecule has 1 amide bonds. The Hall–Kier alpha value is -1.43. The van der Waals surface area contributed by atoms with Crippen molar-refractivity contribution in [3.63, 3.8) is 0 Å². The Balaban J connectivity index is 2.04. The van der Waals surface area contributed by atoms with Gasteiger partial charge < -0.3 is 14.8 Å². The van der Waals surface area contributed by atoms with E-state index in [1.54, 1.807) is 14.2 Å². The molecule has 5 heteroatoms. The Bertz CT molecular complexity index is 563. The summed E-state index contributed by atoms with van der Waals surface area (Å²) in [5.74, 6) is -0.0782. The highest BCUT2D eigenvalue weighted by Gasteiger charge is 2.24. The quantitative estimate of drug-likeness (QED) is 0.891. The van der Waals surface area contributed by atoms with E-state index in [0.29, 0.717) is 18.0 Å². The summed E-state index contributed by atoms with van der Waals surface area (Å²) in [6, 6.07) is 9.88. The Morgan fingerprint density at radius 1 is 1.35 bits per heavy atom. The van der Waals surface area contributed by atoms with Gasteiger partial charge in [0.15, 0.2) is 0 Å². The van der Waals surface area contributed by atoms with Crippen LogP contribution in [-0.4, -0.2) is 38.9 Å². The third-order valence-electron chi connectivity index (χ3n) is 3.21. The fourth-order valence-electron chi connectivity index (χ4n) is 1.94. The maximum Gasteiger partial charge on any atom is 0.261 e. The normalized spacial score (nSPS) is 14.2. The first-order valence-corrected chi connectivity index (χ1v) is 7.20. The lowest BCUT2D eigenvalue weighted by molar-refractivity contribution is -0.0479. The number of rotatable bonds is 6. The third-order valence-corrected chi connectivity index (χ3v) is 4.33. The number of carbonyl (C=O) groups is 1. The van der Waals surface area contributed by atoms with Gasteiger partial charge in [-0.25, -0.2) is 0 Å². The van der Waals surface area contributed by atoms with Crippen molar-refractivity contribution in [2.24, 2.45) is 0 Å². The predicted molar refractivity (Wildman–Crippen MR) is 81.4 cm³/mol. The highest BCUT2D eigenvalue weighted by Crippen LogP contribution is 2.25. The first kappa shape index (κ1) is 15.0. The van der Waals surface area contributed by atoms with Crippen molar-refractivity contribution >= 4 is 27.3 Å². The minimum atomic E-state index is -0.513. The first-order valence-electron chi connectivity index (χ1n) is 6.39. The molecule has 0 aliphatic rings. The fraction of sp³-hybridized carbons (Fsp3) is 0.400. The van der Waals surface area contributed by atoms with Crippen molar-refractivity contribution in [1.29, 1.82) is 0 Å². The summed E-state index contributed by atoms with van der Waals surface area (Å²) in [6.45, 7) is 2.74. The summed E-state index contributed by atoms with van der Waals surface area (Å²) in [5.41, 5.74) is -0.513. The Morgan fingerprint density at radius 2 is 2.10 bits per heavy atom. The van der Waals surface area contributed by atoms with Gasteiger partial charge in [0.2, 0.25) is 0 Å². The molecule has 1 aromatic heterocycles. The Labute approximate surface area is 122 Å². The molecule has 0 spiro atoms. The zero-order chi connectivity index (χ0) is 14.6. The lowest BCUT2D eigenvalue weighted by atomic mass is 10.1. The van der Waals surface area contributed by atoms with E-state index in [-0.39, 0.29) is 5.91 Å². The smallest absolute Gasteiger partial charge is 0.261 e. The van der Waals surface area contributed by atoms with E-state index in [0.717, 1.165) is 10.1 Å². The molecule has 0 aliphatic carbocycles. The summed E-state index contributed by atoms with van der Waals surface area (Å²) < 4.78 is 11.6. The Kier molecular flexibility index (Phi) is 4.75. The van der Waals surface area contributed by atoms with Gasteiger partial charge in [0.25, 0.3) is 5.91 Å². The number of benzene rings is 1. The van der Waals surface area contributed by atoms with Crippen molar-refractivity contribution in [3.05, 3.63) is 35.2 Å². The van der Waals surface area contributed by atoms with Gasteiger partial charge in [-0.1, -0.05) is 18.2 Å². The second-order valence-corrected chi connectivity index (χ2v) is 6.00. The van der Waals surface area contributed by atoms with Crippen molar-refractivity contribution in [2.75, 3.05) is 27.4 Å². The van der Waals surface area contributed by atoms with Crippen LogP contribution in [0.3, 0.4) is 0 Å². The lowest BCUT2D eigenvalue weighted by Gasteiger charge is -2.27. The van der Waals surface area contributed by atoms with Crippen LogP contribution in [0.15, 0.2) is 30.3 Å². The maximum absolute atomic E-state index is 12.2. The van der Waals surface area contributed by atoms with E-state index in [4.69, 9.17) is 9.47 Å². The molecule has 1 heterocycles. The van der Waals surface area contributed by atoms with Crippen LogP contribution >= 0.6 is 11.3 Å². The first-order chi connectivity index (χ1) is 9.58. The molecular weight excluding hydrogens is 274 g/mol. The van der Waals surface area contributed by atoms with Gasteiger partial charge in [0.05, 0.1) is 11.5 Å². The summed E-state index contributed by atoms with van der Waals surface area (Å²) >= 11 is 1.49. The summed E-state index contributed by atoms with van der Waals surface area (Å²) in [7, 11) is 3.23. The molecule has 1 aromatic carbocycles. The van der Waals surface area contributed by atoms with E-state index >= 15 is 0 Å². The zero-order valence-corrected chi connectivity index (χ0v) is 12.8.